The Morgan fingerprint density at radius 2 is 1.25 bits per heavy atom. The van der Waals surface area contributed by atoms with Crippen LogP contribution in [0.3, 0.4) is 0 Å². The summed E-state index contributed by atoms with van der Waals surface area (Å²) in [5.41, 5.74) is 2.51. The molecule has 53 heavy (non-hydrogen) atoms. The van der Waals surface area contributed by atoms with Crippen molar-refractivity contribution in [3.05, 3.63) is 120 Å². The largest absolute Gasteiger partial charge is 0.508 e. The highest BCUT2D eigenvalue weighted by molar-refractivity contribution is 6.59. The molecule has 0 spiro atoms. The number of benzene rings is 4. The Balaban J connectivity index is 1.19. The van der Waals surface area contributed by atoms with Gasteiger partial charge in [-0.05, 0) is 65.6 Å². The van der Waals surface area contributed by atoms with Crippen molar-refractivity contribution < 1.29 is 49.1 Å². The van der Waals surface area contributed by atoms with Gasteiger partial charge in [-0.25, -0.2) is 0 Å². The van der Waals surface area contributed by atoms with Gasteiger partial charge >= 0.3 is 14.2 Å². The molecule has 8 rings (SSSR count). The number of rotatable bonds is 8. The van der Waals surface area contributed by atoms with Crippen molar-refractivity contribution in [2.24, 2.45) is 29.6 Å². The molecule has 5 N–H and O–H groups in total. The lowest BCUT2D eigenvalue weighted by atomic mass is 9.57. The van der Waals surface area contributed by atoms with Gasteiger partial charge in [0.2, 0.25) is 23.6 Å². The molecule has 6 atom stereocenters. The number of carbonyl (C=O) groups is 4. The summed E-state index contributed by atoms with van der Waals surface area (Å²) < 4.78 is 5.95. The number of ether oxygens (including phenoxy) is 1. The third-order valence-electron chi connectivity index (χ3n) is 11.1. The first-order valence-corrected chi connectivity index (χ1v) is 17.4. The molecule has 12 nitrogen and oxygen atoms in total. The van der Waals surface area contributed by atoms with Gasteiger partial charge in [-0.15, -0.1) is 0 Å². The number of phenolic OH excluding ortho intramolecular Hbond substituents is 1. The maximum absolute atomic E-state index is 14.5. The van der Waals surface area contributed by atoms with E-state index in [0.717, 1.165) is 15.4 Å². The molecule has 4 aliphatic rings. The van der Waals surface area contributed by atoms with Crippen LogP contribution in [-0.4, -0.2) is 63.1 Å². The summed E-state index contributed by atoms with van der Waals surface area (Å²) in [4.78, 5) is 59.2. The minimum atomic E-state index is -1.84. The van der Waals surface area contributed by atoms with Crippen LogP contribution in [0.2, 0.25) is 0 Å². The Bertz CT molecular complexity index is 2180. The van der Waals surface area contributed by atoms with E-state index in [1.165, 1.54) is 48.5 Å². The Morgan fingerprint density at radius 1 is 0.642 bits per heavy atom. The van der Waals surface area contributed by atoms with Crippen LogP contribution in [0, 0.1) is 29.6 Å². The number of fused-ring (bicyclic) bond motifs is 4. The Morgan fingerprint density at radius 3 is 1.85 bits per heavy atom. The topological polar surface area (TPSA) is 185 Å². The minimum absolute atomic E-state index is 0.0822. The van der Waals surface area contributed by atoms with E-state index in [1.807, 2.05) is 36.4 Å². The fraction of sp³-hybridized carbons (Fsp3) is 0.231. The summed E-state index contributed by atoms with van der Waals surface area (Å²) in [5.74, 6) is -6.84. The van der Waals surface area contributed by atoms with Crippen LogP contribution >= 0.6 is 0 Å². The zero-order valence-electron chi connectivity index (χ0n) is 28.2. The van der Waals surface area contributed by atoms with Crippen LogP contribution < -0.4 is 25.5 Å². The molecular weight excluding hydrogens is 678 g/mol. The van der Waals surface area contributed by atoms with Crippen LogP contribution in [-0.2, 0) is 25.8 Å². The van der Waals surface area contributed by atoms with Gasteiger partial charge in [0.05, 0.1) is 35.0 Å². The summed E-state index contributed by atoms with van der Waals surface area (Å²) >= 11 is 0. The number of aromatic hydroxyl groups is 1. The number of nitrogens with zero attached hydrogens (tertiary/aromatic N) is 2. The molecule has 6 unspecified atom stereocenters. The molecule has 1 saturated carbocycles. The average Bonchev–Trinajstić information content (AvgIpc) is 3.57. The van der Waals surface area contributed by atoms with Gasteiger partial charge < -0.3 is 29.9 Å². The molecule has 0 bridgehead atoms. The number of amides is 4. The molecule has 14 heteroatoms. The zero-order valence-corrected chi connectivity index (χ0v) is 28.2. The number of carbonyl (C=O) groups excluding carboxylic acids is 4. The second-order valence-electron chi connectivity index (χ2n) is 14.0. The van der Waals surface area contributed by atoms with Gasteiger partial charge in [0.25, 0.3) is 0 Å². The van der Waals surface area contributed by atoms with E-state index in [9.17, 15) is 44.4 Å². The number of imide groups is 2. The zero-order chi connectivity index (χ0) is 37.1. The minimum Gasteiger partial charge on any atom is -0.508 e. The summed E-state index contributed by atoms with van der Waals surface area (Å²) in [6, 6.07) is 26.1. The van der Waals surface area contributed by atoms with Gasteiger partial charge in [-0.2, -0.15) is 0 Å². The standard InChI is InChI=1S/C39H34B2N2O10/c44-32-18-26(53-20-21-6-2-1-3-7-21)12-13-28(32)33-27-14-15-29-34(38(47)42(36(29)45)24-10-4-8-22(16-24)40(49)50)30(27)19-31-35(33)39(48)43(37(31)46)25-11-5-9-23(17-25)41(51)52/h1-14,16-18,29-31,33-35,44,49-52H,15,19-20H2. The highest BCUT2D eigenvalue weighted by Crippen LogP contribution is 2.59. The van der Waals surface area contributed by atoms with Gasteiger partial charge in [0.15, 0.2) is 0 Å². The van der Waals surface area contributed by atoms with Gasteiger partial charge in [-0.3, -0.25) is 29.0 Å². The molecule has 4 aromatic carbocycles. The number of phenols is 1. The Labute approximate surface area is 304 Å². The van der Waals surface area contributed by atoms with Crippen LogP contribution in [0.25, 0.3) is 0 Å². The van der Waals surface area contributed by atoms with Crippen molar-refractivity contribution >= 4 is 60.2 Å². The van der Waals surface area contributed by atoms with Crippen molar-refractivity contribution in [1.82, 2.24) is 0 Å². The molecule has 0 radical (unpaired) electrons. The highest BCUT2D eigenvalue weighted by Gasteiger charge is 2.62. The molecule has 4 amide bonds. The van der Waals surface area contributed by atoms with Crippen molar-refractivity contribution in [3.8, 4) is 11.5 Å². The van der Waals surface area contributed by atoms with E-state index in [2.05, 4.69) is 0 Å². The normalized spacial score (nSPS) is 24.8. The number of allylic oxidation sites excluding steroid dienone is 2. The van der Waals surface area contributed by atoms with E-state index < -0.39 is 73.4 Å². The van der Waals surface area contributed by atoms with Crippen molar-refractivity contribution in [2.75, 3.05) is 9.80 Å². The van der Waals surface area contributed by atoms with E-state index in [-0.39, 0.29) is 47.5 Å². The third kappa shape index (κ3) is 5.84. The second-order valence-corrected chi connectivity index (χ2v) is 14.0. The number of anilines is 2. The Kier molecular flexibility index (Phi) is 8.78. The quantitative estimate of drug-likeness (QED) is 0.102. The lowest BCUT2D eigenvalue weighted by Gasteiger charge is -2.44. The first-order chi connectivity index (χ1) is 25.5. The summed E-state index contributed by atoms with van der Waals surface area (Å²) in [6.07, 6.45) is 2.12. The molecule has 2 heterocycles. The van der Waals surface area contributed by atoms with Gasteiger partial charge in [0, 0.05) is 17.5 Å². The van der Waals surface area contributed by atoms with Crippen LogP contribution in [0.1, 0.15) is 29.9 Å². The predicted octanol–water partition coefficient (Wildman–Crippen LogP) is 1.38. The lowest BCUT2D eigenvalue weighted by molar-refractivity contribution is -0.126. The maximum Gasteiger partial charge on any atom is 0.488 e. The molecule has 2 saturated heterocycles. The molecular formula is C39H34B2N2O10. The van der Waals surface area contributed by atoms with E-state index >= 15 is 0 Å². The fourth-order valence-electron chi connectivity index (χ4n) is 8.71. The second kappa shape index (κ2) is 13.5. The first kappa shape index (κ1) is 34.6. The number of hydrogen-bond acceptors (Lipinski definition) is 10. The third-order valence-corrected chi connectivity index (χ3v) is 11.1. The van der Waals surface area contributed by atoms with Crippen molar-refractivity contribution in [2.45, 2.75) is 25.4 Å². The number of hydrogen-bond donors (Lipinski definition) is 5. The SMILES string of the molecule is O=C1C2CC=C3C(CC4C(=O)N(c5cccc(B(O)O)c5)C(=O)C4C3c3ccc(OCc4ccccc4)cc3O)C2C(=O)N1c1cccc(B(O)O)c1. The average molecular weight is 712 g/mol. The van der Waals surface area contributed by atoms with Crippen molar-refractivity contribution in [1.29, 1.82) is 0 Å². The first-order valence-electron chi connectivity index (χ1n) is 17.4. The molecule has 2 aliphatic heterocycles. The van der Waals surface area contributed by atoms with Gasteiger partial charge in [0.1, 0.15) is 18.1 Å². The highest BCUT2D eigenvalue weighted by atomic mass is 16.5. The van der Waals surface area contributed by atoms with Crippen LogP contribution in [0.4, 0.5) is 11.4 Å². The van der Waals surface area contributed by atoms with Crippen LogP contribution in [0.15, 0.2) is 109 Å². The fourth-order valence-corrected chi connectivity index (χ4v) is 8.71. The van der Waals surface area contributed by atoms with Gasteiger partial charge in [-0.1, -0.05) is 72.3 Å². The Hall–Kier alpha value is -5.53. The predicted molar refractivity (Wildman–Crippen MR) is 194 cm³/mol. The monoisotopic (exact) mass is 712 g/mol. The summed E-state index contributed by atoms with van der Waals surface area (Å²) in [5, 5.41) is 50.8. The van der Waals surface area contributed by atoms with Crippen molar-refractivity contribution in [3.63, 3.8) is 0 Å². The van der Waals surface area contributed by atoms with Crippen LogP contribution in [0.5, 0.6) is 11.5 Å². The lowest BCUT2D eigenvalue weighted by Crippen LogP contribution is -2.43. The summed E-state index contributed by atoms with van der Waals surface area (Å²) in [6.45, 7) is 0.250. The molecule has 3 fully saturated rings. The maximum atomic E-state index is 14.5. The molecule has 0 aromatic heterocycles. The smallest absolute Gasteiger partial charge is 0.488 e. The van der Waals surface area contributed by atoms with E-state index in [0.29, 0.717) is 16.9 Å². The molecule has 2 aliphatic carbocycles. The van der Waals surface area contributed by atoms with E-state index in [4.69, 9.17) is 4.74 Å². The molecule has 266 valence electrons. The molecule has 4 aromatic rings. The summed E-state index contributed by atoms with van der Waals surface area (Å²) in [7, 11) is -3.65. The van der Waals surface area contributed by atoms with E-state index in [1.54, 1.807) is 18.2 Å².